The molecule has 0 spiro atoms. The Morgan fingerprint density at radius 3 is 2.89 bits per heavy atom. The van der Waals surface area contributed by atoms with Crippen molar-refractivity contribution in [2.45, 2.75) is 13.3 Å². The molecular weight excluding hydrogens is 256 g/mol. The third-order valence-electron chi connectivity index (χ3n) is 2.26. The van der Waals surface area contributed by atoms with Crippen LogP contribution >= 0.6 is 11.3 Å². The molecule has 0 bridgehead atoms. The minimum absolute atomic E-state index is 0.0914. The molecular formula is C11H10N2O4S. The molecule has 2 aromatic rings. The van der Waals surface area contributed by atoms with Gasteiger partial charge in [-0.2, -0.15) is 0 Å². The number of carbonyl (C=O) groups is 2. The van der Waals surface area contributed by atoms with Gasteiger partial charge in [0.05, 0.1) is 5.56 Å². The zero-order valence-corrected chi connectivity index (χ0v) is 10.3. The van der Waals surface area contributed by atoms with Gasteiger partial charge in [0.15, 0.2) is 5.69 Å². The molecule has 1 amide bonds. The summed E-state index contributed by atoms with van der Waals surface area (Å²) in [5.74, 6) is -1.56. The molecule has 0 aromatic carbocycles. The van der Waals surface area contributed by atoms with E-state index >= 15 is 0 Å². The van der Waals surface area contributed by atoms with Crippen LogP contribution in [0.15, 0.2) is 22.9 Å². The van der Waals surface area contributed by atoms with E-state index in [-0.39, 0.29) is 11.3 Å². The highest BCUT2D eigenvalue weighted by Gasteiger charge is 2.18. The van der Waals surface area contributed by atoms with Crippen molar-refractivity contribution < 1.29 is 19.2 Å². The van der Waals surface area contributed by atoms with Gasteiger partial charge in [0.1, 0.15) is 11.3 Å². The number of hydrogen-bond donors (Lipinski definition) is 2. The van der Waals surface area contributed by atoms with Gasteiger partial charge in [0.2, 0.25) is 0 Å². The van der Waals surface area contributed by atoms with Gasteiger partial charge in [-0.1, -0.05) is 12.1 Å². The number of nitrogens with one attached hydrogen (secondary N) is 1. The van der Waals surface area contributed by atoms with Crippen molar-refractivity contribution >= 4 is 28.2 Å². The number of carbonyl (C=O) groups excluding carboxylic acids is 1. The second-order valence-corrected chi connectivity index (χ2v) is 4.59. The summed E-state index contributed by atoms with van der Waals surface area (Å²) >= 11 is 1.24. The lowest BCUT2D eigenvalue weighted by Crippen LogP contribution is -2.13. The van der Waals surface area contributed by atoms with Crippen LogP contribution in [0.4, 0.5) is 5.00 Å². The number of hydrogen-bond acceptors (Lipinski definition) is 5. The smallest absolute Gasteiger partial charge is 0.338 e. The topological polar surface area (TPSA) is 92.4 Å². The standard InChI is InChI=1S/C11H10N2O4S/c1-2-6-5-7(11(15)16)10(18-6)12-9(14)8-3-4-17-13-8/h3-5H,2H2,1H3,(H,12,14)(H,15,16). The Morgan fingerprint density at radius 2 is 2.33 bits per heavy atom. The quantitative estimate of drug-likeness (QED) is 0.885. The fourth-order valence-corrected chi connectivity index (χ4v) is 2.35. The van der Waals surface area contributed by atoms with Crippen molar-refractivity contribution in [2.75, 3.05) is 5.32 Å². The molecule has 0 fully saturated rings. The number of aryl methyl sites for hydroxylation is 1. The van der Waals surface area contributed by atoms with E-state index in [9.17, 15) is 9.59 Å². The van der Waals surface area contributed by atoms with Crippen molar-refractivity contribution in [3.8, 4) is 0 Å². The van der Waals surface area contributed by atoms with E-state index in [1.54, 1.807) is 6.07 Å². The molecule has 7 heteroatoms. The molecule has 2 aromatic heterocycles. The van der Waals surface area contributed by atoms with Crippen LogP contribution in [0.5, 0.6) is 0 Å². The van der Waals surface area contributed by atoms with Crippen LogP contribution in [-0.4, -0.2) is 22.1 Å². The van der Waals surface area contributed by atoms with Crippen molar-refractivity contribution in [3.63, 3.8) is 0 Å². The third kappa shape index (κ3) is 2.40. The number of anilines is 1. The normalized spacial score (nSPS) is 10.3. The third-order valence-corrected chi connectivity index (χ3v) is 3.45. The maximum absolute atomic E-state index is 11.7. The van der Waals surface area contributed by atoms with Gasteiger partial charge in [0, 0.05) is 10.9 Å². The van der Waals surface area contributed by atoms with Gasteiger partial charge in [0.25, 0.3) is 5.91 Å². The summed E-state index contributed by atoms with van der Waals surface area (Å²) in [7, 11) is 0. The minimum Gasteiger partial charge on any atom is -0.478 e. The fraction of sp³-hybridized carbons (Fsp3) is 0.182. The Bertz CT molecular complexity index is 574. The molecule has 0 aliphatic carbocycles. The first kappa shape index (κ1) is 12.3. The monoisotopic (exact) mass is 266 g/mol. The first-order chi connectivity index (χ1) is 8.61. The highest BCUT2D eigenvalue weighted by molar-refractivity contribution is 7.16. The number of amides is 1. The first-order valence-corrected chi connectivity index (χ1v) is 6.01. The van der Waals surface area contributed by atoms with Crippen molar-refractivity contribution in [1.29, 1.82) is 0 Å². The maximum atomic E-state index is 11.7. The summed E-state index contributed by atoms with van der Waals surface area (Å²) in [6.07, 6.45) is 1.99. The number of rotatable bonds is 4. The van der Waals surface area contributed by atoms with E-state index in [1.807, 2.05) is 6.92 Å². The predicted molar refractivity (Wildman–Crippen MR) is 65.1 cm³/mol. The number of aromatic nitrogens is 1. The molecule has 0 unspecified atom stereocenters. The van der Waals surface area contributed by atoms with Gasteiger partial charge in [-0.05, 0) is 12.5 Å². The Balaban J connectivity index is 2.25. The Kier molecular flexibility index (Phi) is 3.42. The highest BCUT2D eigenvalue weighted by Crippen LogP contribution is 2.28. The van der Waals surface area contributed by atoms with Gasteiger partial charge < -0.3 is 14.9 Å². The first-order valence-electron chi connectivity index (χ1n) is 5.19. The molecule has 0 radical (unpaired) electrons. The molecule has 6 nitrogen and oxygen atoms in total. The largest absolute Gasteiger partial charge is 0.478 e. The average molecular weight is 266 g/mol. The maximum Gasteiger partial charge on any atom is 0.338 e. The molecule has 0 saturated heterocycles. The molecule has 18 heavy (non-hydrogen) atoms. The van der Waals surface area contributed by atoms with Gasteiger partial charge in [-0.3, -0.25) is 4.79 Å². The van der Waals surface area contributed by atoms with Crippen LogP contribution < -0.4 is 5.32 Å². The number of aromatic carboxylic acids is 1. The number of nitrogens with zero attached hydrogens (tertiary/aromatic N) is 1. The molecule has 2 N–H and O–H groups in total. The Hall–Kier alpha value is -2.15. The van der Waals surface area contributed by atoms with Crippen LogP contribution in [-0.2, 0) is 6.42 Å². The van der Waals surface area contributed by atoms with Crippen LogP contribution in [0.3, 0.4) is 0 Å². The lowest BCUT2D eigenvalue weighted by Gasteiger charge is -2.00. The zero-order chi connectivity index (χ0) is 13.1. The minimum atomic E-state index is -1.07. The summed E-state index contributed by atoms with van der Waals surface area (Å²) in [5.41, 5.74) is 0.200. The zero-order valence-electron chi connectivity index (χ0n) is 9.47. The van der Waals surface area contributed by atoms with E-state index in [2.05, 4.69) is 15.0 Å². The Morgan fingerprint density at radius 1 is 1.56 bits per heavy atom. The number of carboxylic acid groups (broad SMARTS) is 1. The molecule has 0 aliphatic rings. The molecule has 0 atom stereocenters. The van der Waals surface area contributed by atoms with Crippen molar-refractivity contribution in [2.24, 2.45) is 0 Å². The van der Waals surface area contributed by atoms with Gasteiger partial charge >= 0.3 is 5.97 Å². The van der Waals surface area contributed by atoms with Crippen LogP contribution in [0, 0.1) is 0 Å². The van der Waals surface area contributed by atoms with E-state index in [0.29, 0.717) is 11.4 Å². The average Bonchev–Trinajstić information content (AvgIpc) is 2.97. The predicted octanol–water partition coefficient (Wildman–Crippen LogP) is 2.25. The summed E-state index contributed by atoms with van der Waals surface area (Å²) in [5, 5.41) is 15.4. The Labute approximate surface area is 106 Å². The summed E-state index contributed by atoms with van der Waals surface area (Å²) in [6, 6.07) is 2.97. The summed E-state index contributed by atoms with van der Waals surface area (Å²) in [4.78, 5) is 23.7. The van der Waals surface area contributed by atoms with Crippen molar-refractivity contribution in [3.05, 3.63) is 34.5 Å². The molecule has 94 valence electrons. The second kappa shape index (κ2) is 5.01. The highest BCUT2D eigenvalue weighted by atomic mass is 32.1. The van der Waals surface area contributed by atoms with Crippen LogP contribution in [0.2, 0.25) is 0 Å². The summed E-state index contributed by atoms with van der Waals surface area (Å²) < 4.78 is 4.55. The van der Waals surface area contributed by atoms with E-state index in [0.717, 1.165) is 4.88 Å². The molecule has 0 aliphatic heterocycles. The fourth-order valence-electron chi connectivity index (χ4n) is 1.36. The van der Waals surface area contributed by atoms with E-state index in [1.165, 1.54) is 23.7 Å². The summed E-state index contributed by atoms with van der Waals surface area (Å²) in [6.45, 7) is 1.92. The molecule has 2 heterocycles. The SMILES string of the molecule is CCc1cc(C(=O)O)c(NC(=O)c2ccon2)s1. The van der Waals surface area contributed by atoms with Crippen LogP contribution in [0.1, 0.15) is 32.6 Å². The van der Waals surface area contributed by atoms with E-state index in [4.69, 9.17) is 5.11 Å². The lowest BCUT2D eigenvalue weighted by atomic mass is 10.2. The van der Waals surface area contributed by atoms with Gasteiger partial charge in [-0.15, -0.1) is 11.3 Å². The number of thiophene rings is 1. The molecule has 2 rings (SSSR count). The number of carboxylic acids is 1. The second-order valence-electron chi connectivity index (χ2n) is 3.45. The van der Waals surface area contributed by atoms with Crippen LogP contribution in [0.25, 0.3) is 0 Å². The lowest BCUT2D eigenvalue weighted by molar-refractivity contribution is 0.0698. The van der Waals surface area contributed by atoms with Crippen molar-refractivity contribution in [1.82, 2.24) is 5.16 Å². The van der Waals surface area contributed by atoms with E-state index < -0.39 is 11.9 Å². The van der Waals surface area contributed by atoms with Gasteiger partial charge in [-0.25, -0.2) is 4.79 Å². The molecule has 0 saturated carbocycles.